The van der Waals surface area contributed by atoms with Gasteiger partial charge >= 0.3 is 0 Å². The number of ether oxygens (including phenoxy) is 2. The Morgan fingerprint density at radius 2 is 2.17 bits per heavy atom. The van der Waals surface area contributed by atoms with Crippen LogP contribution in [0.5, 0.6) is 5.75 Å². The molecule has 122 valence electrons. The minimum Gasteiger partial charge on any atom is -0.495 e. The van der Waals surface area contributed by atoms with Gasteiger partial charge in [-0.25, -0.2) is 4.98 Å². The molecule has 8 heteroatoms. The molecule has 3 rings (SSSR count). The molecule has 1 aliphatic heterocycles. The lowest BCUT2D eigenvalue weighted by molar-refractivity contribution is 0.0397. The molecular formula is C15H17ClN4O2S. The van der Waals surface area contributed by atoms with Gasteiger partial charge in [-0.2, -0.15) is 5.10 Å². The predicted octanol–water partition coefficient (Wildman–Crippen LogP) is 3.21. The predicted molar refractivity (Wildman–Crippen MR) is 93.4 cm³/mol. The quantitative estimate of drug-likeness (QED) is 0.837. The number of hydrazone groups is 1. The van der Waals surface area contributed by atoms with Gasteiger partial charge in [-0.15, -0.1) is 0 Å². The highest BCUT2D eigenvalue weighted by Gasteiger charge is 2.11. The third kappa shape index (κ3) is 4.13. The number of hydrogen-bond donors (Lipinski definition) is 1. The summed E-state index contributed by atoms with van der Waals surface area (Å²) in [5.41, 5.74) is 0.845. The van der Waals surface area contributed by atoms with E-state index in [9.17, 15) is 0 Å². The van der Waals surface area contributed by atoms with E-state index in [0.717, 1.165) is 29.4 Å². The lowest BCUT2D eigenvalue weighted by atomic mass is 10.3. The van der Waals surface area contributed by atoms with E-state index in [2.05, 4.69) is 15.4 Å². The maximum Gasteiger partial charge on any atom is 0.189 e. The summed E-state index contributed by atoms with van der Waals surface area (Å²) in [6.07, 6.45) is 1.75. The molecule has 0 spiro atoms. The Bertz CT molecular complexity index is 686. The number of nitrogens with one attached hydrogen (secondary N) is 1. The lowest BCUT2D eigenvalue weighted by Gasteiger charge is -2.23. The summed E-state index contributed by atoms with van der Waals surface area (Å²) in [4.78, 5) is 5.14. The van der Waals surface area contributed by atoms with Gasteiger partial charge in [0.2, 0.25) is 0 Å². The van der Waals surface area contributed by atoms with Gasteiger partial charge in [0.1, 0.15) is 5.75 Å². The Morgan fingerprint density at radius 3 is 2.96 bits per heavy atom. The number of anilines is 2. The van der Waals surface area contributed by atoms with Crippen LogP contribution in [0.4, 0.5) is 10.8 Å². The Morgan fingerprint density at radius 1 is 1.39 bits per heavy atom. The van der Waals surface area contributed by atoms with Gasteiger partial charge in [0.05, 0.1) is 50.2 Å². The highest BCUT2D eigenvalue weighted by molar-refractivity contribution is 7.17. The number of morpholine rings is 1. The van der Waals surface area contributed by atoms with Crippen molar-refractivity contribution in [3.8, 4) is 5.75 Å². The van der Waals surface area contributed by atoms with Crippen LogP contribution in [-0.2, 0) is 4.74 Å². The van der Waals surface area contributed by atoms with Crippen LogP contribution in [-0.4, -0.2) is 49.6 Å². The van der Waals surface area contributed by atoms with E-state index in [4.69, 9.17) is 21.1 Å². The fourth-order valence-electron chi connectivity index (χ4n) is 2.11. The monoisotopic (exact) mass is 352 g/mol. The van der Waals surface area contributed by atoms with Gasteiger partial charge in [-0.05, 0) is 12.1 Å². The molecule has 0 atom stereocenters. The molecule has 1 aromatic carbocycles. The first-order valence-corrected chi connectivity index (χ1v) is 8.39. The second kappa shape index (κ2) is 7.63. The summed E-state index contributed by atoms with van der Waals surface area (Å²) in [6.45, 7) is 2.99. The van der Waals surface area contributed by atoms with E-state index in [0.29, 0.717) is 23.5 Å². The van der Waals surface area contributed by atoms with Crippen molar-refractivity contribution in [3.63, 3.8) is 0 Å². The summed E-state index contributed by atoms with van der Waals surface area (Å²) in [5, 5.41) is 10.8. The molecule has 0 unspecified atom stereocenters. The van der Waals surface area contributed by atoms with Crippen molar-refractivity contribution >= 4 is 40.0 Å². The van der Waals surface area contributed by atoms with Gasteiger partial charge in [0.25, 0.3) is 0 Å². The van der Waals surface area contributed by atoms with Gasteiger partial charge < -0.3 is 14.8 Å². The molecule has 2 aromatic rings. The molecule has 0 bridgehead atoms. The SMILES string of the molecule is COc1ccccc1Nc1nc(Cl)c(/C=N/N2CCOCC2)s1. The number of benzene rings is 1. The minimum absolute atomic E-state index is 0.435. The number of thiazole rings is 1. The van der Waals surface area contributed by atoms with Gasteiger partial charge in [0.15, 0.2) is 10.3 Å². The highest BCUT2D eigenvalue weighted by atomic mass is 35.5. The van der Waals surface area contributed by atoms with Crippen molar-refractivity contribution in [3.05, 3.63) is 34.3 Å². The Balaban J connectivity index is 1.71. The minimum atomic E-state index is 0.435. The molecule has 1 saturated heterocycles. The third-order valence-corrected chi connectivity index (χ3v) is 4.59. The zero-order chi connectivity index (χ0) is 16.1. The fourth-order valence-corrected chi connectivity index (χ4v) is 3.15. The van der Waals surface area contributed by atoms with Crippen molar-refractivity contribution in [2.75, 3.05) is 38.7 Å². The molecule has 23 heavy (non-hydrogen) atoms. The molecular weight excluding hydrogens is 336 g/mol. The van der Waals surface area contributed by atoms with E-state index in [-0.39, 0.29) is 0 Å². The first kappa shape index (κ1) is 16.0. The van der Waals surface area contributed by atoms with Crippen molar-refractivity contribution in [1.82, 2.24) is 9.99 Å². The first-order valence-electron chi connectivity index (χ1n) is 7.19. The van der Waals surface area contributed by atoms with Crippen molar-refractivity contribution in [2.45, 2.75) is 0 Å². The summed E-state index contributed by atoms with van der Waals surface area (Å²) in [7, 11) is 1.63. The largest absolute Gasteiger partial charge is 0.495 e. The number of hydrogen-bond acceptors (Lipinski definition) is 7. The van der Waals surface area contributed by atoms with E-state index in [1.807, 2.05) is 29.3 Å². The van der Waals surface area contributed by atoms with Crippen molar-refractivity contribution in [2.24, 2.45) is 5.10 Å². The first-order chi connectivity index (χ1) is 11.3. The van der Waals surface area contributed by atoms with E-state index >= 15 is 0 Å². The zero-order valence-electron chi connectivity index (χ0n) is 12.7. The van der Waals surface area contributed by atoms with E-state index in [1.165, 1.54) is 11.3 Å². The average Bonchev–Trinajstić information content (AvgIpc) is 2.94. The average molecular weight is 353 g/mol. The van der Waals surface area contributed by atoms with Crippen LogP contribution in [0.15, 0.2) is 29.4 Å². The number of methoxy groups -OCH3 is 1. The topological polar surface area (TPSA) is 59.0 Å². The molecule has 0 radical (unpaired) electrons. The summed E-state index contributed by atoms with van der Waals surface area (Å²) >= 11 is 7.64. The number of aromatic nitrogens is 1. The summed E-state index contributed by atoms with van der Waals surface area (Å²) in [6, 6.07) is 7.66. The third-order valence-electron chi connectivity index (χ3n) is 3.28. The van der Waals surface area contributed by atoms with Crippen LogP contribution >= 0.6 is 22.9 Å². The zero-order valence-corrected chi connectivity index (χ0v) is 14.2. The molecule has 0 aliphatic carbocycles. The molecule has 0 saturated carbocycles. The number of rotatable bonds is 5. The van der Waals surface area contributed by atoms with Gasteiger partial charge in [0, 0.05) is 0 Å². The van der Waals surface area contributed by atoms with Crippen LogP contribution in [0.1, 0.15) is 4.88 Å². The molecule has 1 aromatic heterocycles. The normalized spacial score (nSPS) is 15.1. The van der Waals surface area contributed by atoms with Crippen molar-refractivity contribution in [1.29, 1.82) is 0 Å². The van der Waals surface area contributed by atoms with Crippen LogP contribution in [0.3, 0.4) is 0 Å². The summed E-state index contributed by atoms with van der Waals surface area (Å²) < 4.78 is 10.6. The maximum atomic E-state index is 6.20. The maximum absolute atomic E-state index is 6.20. The second-order valence-corrected chi connectivity index (χ2v) is 6.20. The lowest BCUT2D eigenvalue weighted by Crippen LogP contribution is -2.32. The smallest absolute Gasteiger partial charge is 0.189 e. The summed E-state index contributed by atoms with van der Waals surface area (Å²) in [5.74, 6) is 0.752. The molecule has 1 N–H and O–H groups in total. The molecule has 0 amide bonds. The number of para-hydroxylation sites is 2. The standard InChI is InChI=1S/C15H17ClN4O2S/c1-21-12-5-3-2-4-11(12)18-15-19-14(16)13(23-15)10-17-20-6-8-22-9-7-20/h2-5,10H,6-9H2,1H3,(H,18,19)/b17-10+. The van der Waals surface area contributed by atoms with Gasteiger partial charge in [-0.3, -0.25) is 5.01 Å². The van der Waals surface area contributed by atoms with Crippen LogP contribution in [0.2, 0.25) is 5.15 Å². The molecule has 6 nitrogen and oxygen atoms in total. The molecule has 2 heterocycles. The Kier molecular flexibility index (Phi) is 5.32. The highest BCUT2D eigenvalue weighted by Crippen LogP contribution is 2.31. The number of halogens is 1. The molecule has 1 fully saturated rings. The van der Waals surface area contributed by atoms with E-state index < -0.39 is 0 Å². The van der Waals surface area contributed by atoms with Crippen molar-refractivity contribution < 1.29 is 9.47 Å². The Labute approximate surface area is 143 Å². The van der Waals surface area contributed by atoms with Crippen LogP contribution in [0, 0.1) is 0 Å². The fraction of sp³-hybridized carbons (Fsp3) is 0.333. The van der Waals surface area contributed by atoms with Crippen LogP contribution in [0.25, 0.3) is 0 Å². The van der Waals surface area contributed by atoms with E-state index in [1.54, 1.807) is 13.3 Å². The van der Waals surface area contributed by atoms with Gasteiger partial charge in [-0.1, -0.05) is 35.1 Å². The second-order valence-electron chi connectivity index (χ2n) is 4.81. The molecule has 1 aliphatic rings. The Hall–Kier alpha value is -1.83. The van der Waals surface area contributed by atoms with Crippen LogP contribution < -0.4 is 10.1 Å². The number of nitrogens with zero attached hydrogens (tertiary/aromatic N) is 3.